The quantitative estimate of drug-likeness (QED) is 0.477. The van der Waals surface area contributed by atoms with Crippen LogP contribution in [0.2, 0.25) is 0 Å². The molecule has 0 unspecified atom stereocenters. The topological polar surface area (TPSA) is 76.2 Å². The highest BCUT2D eigenvalue weighted by Gasteiger charge is 2.17. The van der Waals surface area contributed by atoms with Crippen LogP contribution in [0.3, 0.4) is 0 Å². The van der Waals surface area contributed by atoms with Gasteiger partial charge in [-0.1, -0.05) is 24.3 Å². The van der Waals surface area contributed by atoms with Crippen molar-refractivity contribution in [3.8, 4) is 17.4 Å². The number of nitrogens with one attached hydrogen (secondary N) is 2. The average molecular weight is 420 g/mol. The Hall–Kier alpha value is -3.77. The van der Waals surface area contributed by atoms with E-state index in [-0.39, 0.29) is 24.9 Å². The third-order valence-corrected chi connectivity index (χ3v) is 4.69. The predicted molar refractivity (Wildman–Crippen MR) is 118 cm³/mol. The van der Waals surface area contributed by atoms with Gasteiger partial charge in [0, 0.05) is 28.7 Å². The Morgan fingerprint density at radius 2 is 1.97 bits per heavy atom. The van der Waals surface area contributed by atoms with Gasteiger partial charge in [0.15, 0.2) is 0 Å². The van der Waals surface area contributed by atoms with Gasteiger partial charge in [-0.25, -0.2) is 4.98 Å². The second kappa shape index (κ2) is 8.31. The third kappa shape index (κ3) is 3.86. The summed E-state index contributed by atoms with van der Waals surface area (Å²) < 4.78 is 11.5. The summed E-state index contributed by atoms with van der Waals surface area (Å²) in [6, 6.07) is 18.9. The molecule has 6 nitrogen and oxygen atoms in total. The molecule has 0 saturated carbocycles. The molecule has 5 rings (SSSR count). The smallest absolute Gasteiger partial charge is 0.255 e. The van der Waals surface area contributed by atoms with E-state index in [2.05, 4.69) is 15.3 Å². The lowest BCUT2D eigenvalue weighted by Crippen LogP contribution is -2.21. The van der Waals surface area contributed by atoms with Crippen molar-refractivity contribution in [2.75, 3.05) is 11.9 Å². The lowest BCUT2D eigenvalue weighted by molar-refractivity contribution is -0.113. The van der Waals surface area contributed by atoms with E-state index in [4.69, 9.17) is 9.47 Å². The van der Waals surface area contributed by atoms with Gasteiger partial charge in [-0.2, -0.15) is 0 Å². The molecule has 2 aromatic carbocycles. The Kier molecular flexibility index (Phi) is 5.41. The lowest BCUT2D eigenvalue weighted by atomic mass is 10.1. The van der Waals surface area contributed by atoms with Crippen molar-refractivity contribution in [1.29, 1.82) is 0 Å². The number of aromatic nitrogens is 2. The van der Waals surface area contributed by atoms with E-state index in [1.165, 1.54) is 0 Å². The van der Waals surface area contributed by atoms with Gasteiger partial charge < -0.3 is 19.8 Å². The molecule has 7 heteroatoms. The minimum absolute atomic E-state index is 0. The summed E-state index contributed by atoms with van der Waals surface area (Å²) in [6.07, 6.45) is 5.28. The van der Waals surface area contributed by atoms with Crippen molar-refractivity contribution >= 4 is 41.0 Å². The summed E-state index contributed by atoms with van der Waals surface area (Å²) in [4.78, 5) is 20.0. The molecular formula is C23H18ClN3O3. The van der Waals surface area contributed by atoms with Crippen molar-refractivity contribution in [3.05, 3.63) is 84.2 Å². The van der Waals surface area contributed by atoms with Crippen LogP contribution in [-0.2, 0) is 4.79 Å². The zero-order valence-electron chi connectivity index (χ0n) is 15.8. The van der Waals surface area contributed by atoms with Crippen molar-refractivity contribution in [2.45, 2.75) is 0 Å². The first-order chi connectivity index (χ1) is 14.3. The van der Waals surface area contributed by atoms with E-state index in [1.807, 2.05) is 60.8 Å². The first kappa shape index (κ1) is 19.5. The minimum atomic E-state index is -0.216. The van der Waals surface area contributed by atoms with Crippen LogP contribution in [0.4, 0.5) is 5.69 Å². The van der Waals surface area contributed by atoms with E-state index in [0.29, 0.717) is 17.1 Å². The van der Waals surface area contributed by atoms with Crippen molar-refractivity contribution in [1.82, 2.24) is 9.97 Å². The average Bonchev–Trinajstić information content (AvgIpc) is 3.25. The van der Waals surface area contributed by atoms with Crippen LogP contribution in [0.25, 0.3) is 17.0 Å². The highest BCUT2D eigenvalue weighted by Crippen LogP contribution is 2.29. The lowest BCUT2D eigenvalue weighted by Gasteiger charge is -2.17. The van der Waals surface area contributed by atoms with Crippen LogP contribution in [0, 0.1) is 0 Å². The number of carbonyl (C=O) groups is 1. The number of hydrogen-bond acceptors (Lipinski definition) is 4. The molecule has 30 heavy (non-hydrogen) atoms. The molecule has 2 N–H and O–H groups in total. The van der Waals surface area contributed by atoms with Crippen molar-refractivity contribution in [3.63, 3.8) is 0 Å². The number of aromatic amines is 1. The molecule has 0 bridgehead atoms. The van der Waals surface area contributed by atoms with Crippen LogP contribution in [0.5, 0.6) is 17.4 Å². The summed E-state index contributed by atoms with van der Waals surface area (Å²) in [5, 5.41) is 3.83. The van der Waals surface area contributed by atoms with Gasteiger partial charge in [0.05, 0.1) is 17.5 Å². The number of benzene rings is 2. The Labute approximate surface area is 179 Å². The molecule has 0 saturated heterocycles. The molecule has 0 radical (unpaired) electrons. The maximum absolute atomic E-state index is 12.5. The number of rotatable bonds is 4. The molecule has 4 aromatic rings. The molecule has 1 amide bonds. The Balaban J connectivity index is 0.00000218. The molecule has 0 atom stereocenters. The molecular weight excluding hydrogens is 402 g/mol. The molecule has 0 spiro atoms. The summed E-state index contributed by atoms with van der Waals surface area (Å²) in [5.41, 5.74) is 3.03. The summed E-state index contributed by atoms with van der Waals surface area (Å²) >= 11 is 0. The van der Waals surface area contributed by atoms with Crippen molar-refractivity contribution < 1.29 is 14.3 Å². The fourth-order valence-corrected chi connectivity index (χ4v) is 3.23. The van der Waals surface area contributed by atoms with Crippen LogP contribution < -0.4 is 14.8 Å². The van der Waals surface area contributed by atoms with Crippen LogP contribution >= 0.6 is 12.4 Å². The number of pyridine rings is 1. The molecule has 0 aliphatic carbocycles. The van der Waals surface area contributed by atoms with Gasteiger partial charge in [-0.05, 0) is 36.4 Å². The zero-order chi connectivity index (χ0) is 19.6. The number of hydrogen-bond donors (Lipinski definition) is 2. The largest absolute Gasteiger partial charge is 0.488 e. The van der Waals surface area contributed by atoms with E-state index >= 15 is 0 Å². The first-order valence-corrected chi connectivity index (χ1v) is 9.20. The van der Waals surface area contributed by atoms with Gasteiger partial charge in [-0.3, -0.25) is 4.79 Å². The molecule has 3 heterocycles. The normalized spacial score (nSPS) is 12.2. The Morgan fingerprint density at radius 1 is 1.07 bits per heavy atom. The standard InChI is InChI=1S/C23H17N3O3.ClH/c27-23(16-12-15-4-1-2-6-20(15)28-14-16)26-17-8-9-22(25-13-17)29-21-7-3-5-19-18(21)10-11-24-19;/h1-13,24H,14H2,(H,26,27);1H. The highest BCUT2D eigenvalue weighted by atomic mass is 35.5. The number of ether oxygens (including phenoxy) is 2. The summed E-state index contributed by atoms with van der Waals surface area (Å²) in [5.74, 6) is 1.73. The van der Waals surface area contributed by atoms with Gasteiger partial charge in [0.25, 0.3) is 5.91 Å². The number of amides is 1. The number of anilines is 1. The number of carbonyl (C=O) groups excluding carboxylic acids is 1. The molecule has 0 fully saturated rings. The van der Waals surface area contributed by atoms with E-state index < -0.39 is 0 Å². The van der Waals surface area contributed by atoms with E-state index in [1.54, 1.807) is 18.3 Å². The molecule has 1 aliphatic heterocycles. The third-order valence-electron chi connectivity index (χ3n) is 4.69. The van der Waals surface area contributed by atoms with Gasteiger partial charge >= 0.3 is 0 Å². The maximum Gasteiger partial charge on any atom is 0.255 e. The number of H-pyrrole nitrogens is 1. The second-order valence-electron chi connectivity index (χ2n) is 6.63. The Morgan fingerprint density at radius 3 is 2.83 bits per heavy atom. The number of nitrogens with zero attached hydrogens (tertiary/aromatic N) is 1. The zero-order valence-corrected chi connectivity index (χ0v) is 16.6. The summed E-state index contributed by atoms with van der Waals surface area (Å²) in [7, 11) is 0. The van der Waals surface area contributed by atoms with Crippen molar-refractivity contribution in [2.24, 2.45) is 0 Å². The van der Waals surface area contributed by atoms with E-state index in [0.717, 1.165) is 28.0 Å². The van der Waals surface area contributed by atoms with Gasteiger partial charge in [0.2, 0.25) is 5.88 Å². The molecule has 1 aliphatic rings. The fourth-order valence-electron chi connectivity index (χ4n) is 3.23. The Bertz CT molecular complexity index is 1230. The van der Waals surface area contributed by atoms with E-state index in [9.17, 15) is 4.79 Å². The van der Waals surface area contributed by atoms with Gasteiger partial charge in [-0.15, -0.1) is 12.4 Å². The molecule has 2 aromatic heterocycles. The maximum atomic E-state index is 12.5. The molecule has 150 valence electrons. The highest BCUT2D eigenvalue weighted by molar-refractivity contribution is 6.07. The number of halogens is 1. The van der Waals surface area contributed by atoms with Crippen LogP contribution in [0.15, 0.2) is 78.6 Å². The first-order valence-electron chi connectivity index (χ1n) is 9.20. The number of fused-ring (bicyclic) bond motifs is 2. The monoisotopic (exact) mass is 419 g/mol. The fraction of sp³-hybridized carbons (Fsp3) is 0.0435. The predicted octanol–water partition coefficient (Wildman–Crippen LogP) is 5.19. The van der Waals surface area contributed by atoms with Crippen LogP contribution in [-0.4, -0.2) is 22.5 Å². The summed E-state index contributed by atoms with van der Waals surface area (Å²) in [6.45, 7) is 0.234. The second-order valence-corrected chi connectivity index (χ2v) is 6.63. The van der Waals surface area contributed by atoms with Crippen LogP contribution in [0.1, 0.15) is 5.56 Å². The van der Waals surface area contributed by atoms with Gasteiger partial charge in [0.1, 0.15) is 18.1 Å². The number of para-hydroxylation sites is 1. The minimum Gasteiger partial charge on any atom is -0.488 e. The SMILES string of the molecule is Cl.O=C(Nc1ccc(Oc2cccc3[nH]ccc23)nc1)C1=Cc2ccccc2OC1.